The largest absolute Gasteiger partial charge is 0.344 e. The molecule has 4 nitrogen and oxygen atoms in total. The van der Waals surface area contributed by atoms with Crippen LogP contribution in [-0.2, 0) is 29.0 Å². The smallest absolute Gasteiger partial charge is 0.245 e. The number of benzene rings is 2. The first-order chi connectivity index (χ1) is 14.0. The van der Waals surface area contributed by atoms with Crippen molar-refractivity contribution < 1.29 is 9.59 Å². The first-order valence-corrected chi connectivity index (χ1v) is 11.0. The van der Waals surface area contributed by atoms with Gasteiger partial charge in [0, 0.05) is 18.0 Å². The summed E-state index contributed by atoms with van der Waals surface area (Å²) in [7, 11) is 0. The van der Waals surface area contributed by atoms with Gasteiger partial charge in [-0.05, 0) is 45.7 Å². The minimum absolute atomic E-state index is 0.0173. The van der Waals surface area contributed by atoms with Gasteiger partial charge in [0.05, 0.1) is 6.42 Å². The minimum atomic E-state index is -0.497. The number of nitrogens with zero attached hydrogens (tertiary/aromatic N) is 1. The van der Waals surface area contributed by atoms with Crippen molar-refractivity contribution in [3.8, 4) is 0 Å². The molecule has 4 rings (SSSR count). The van der Waals surface area contributed by atoms with Crippen LogP contribution in [0.15, 0.2) is 53.9 Å². The molecule has 0 spiro atoms. The second-order valence-electron chi connectivity index (χ2n) is 8.03. The minimum Gasteiger partial charge on any atom is -0.344 e. The molecule has 0 fully saturated rings. The zero-order chi connectivity index (χ0) is 20.4. The Hall–Kier alpha value is -2.66. The van der Waals surface area contributed by atoms with E-state index < -0.39 is 6.04 Å². The van der Waals surface area contributed by atoms with Gasteiger partial charge in [-0.1, -0.05) is 56.3 Å². The van der Waals surface area contributed by atoms with E-state index in [1.54, 1.807) is 11.3 Å². The Morgan fingerprint density at radius 2 is 1.90 bits per heavy atom. The van der Waals surface area contributed by atoms with E-state index in [1.165, 1.54) is 10.4 Å². The predicted octanol–water partition coefficient (Wildman–Crippen LogP) is 4.17. The van der Waals surface area contributed by atoms with Gasteiger partial charge >= 0.3 is 0 Å². The fraction of sp³-hybridized carbons (Fsp3) is 0.333. The highest BCUT2D eigenvalue weighted by molar-refractivity contribution is 7.10. The van der Waals surface area contributed by atoms with E-state index >= 15 is 0 Å². The van der Waals surface area contributed by atoms with Crippen LogP contribution in [-0.4, -0.2) is 29.3 Å². The number of fused-ring (bicyclic) bond motifs is 2. The predicted molar refractivity (Wildman–Crippen MR) is 118 cm³/mol. The Morgan fingerprint density at radius 1 is 1.10 bits per heavy atom. The summed E-state index contributed by atoms with van der Waals surface area (Å²) in [4.78, 5) is 29.1. The number of hydrogen-bond donors (Lipinski definition) is 1. The van der Waals surface area contributed by atoms with Crippen molar-refractivity contribution >= 4 is 33.9 Å². The summed E-state index contributed by atoms with van der Waals surface area (Å²) in [6.07, 6.45) is 1.17. The molecule has 1 N–H and O–H groups in total. The van der Waals surface area contributed by atoms with Crippen molar-refractivity contribution in [2.45, 2.75) is 39.3 Å². The number of nitrogens with one attached hydrogen (secondary N) is 1. The zero-order valence-corrected chi connectivity index (χ0v) is 17.7. The molecule has 5 heteroatoms. The van der Waals surface area contributed by atoms with Crippen LogP contribution in [0.4, 0.5) is 0 Å². The maximum Gasteiger partial charge on any atom is 0.245 e. The first-order valence-electron chi connectivity index (χ1n) is 10.1. The molecular weight excluding hydrogens is 380 g/mol. The zero-order valence-electron chi connectivity index (χ0n) is 16.9. The van der Waals surface area contributed by atoms with Gasteiger partial charge in [-0.25, -0.2) is 0 Å². The maximum absolute atomic E-state index is 13.1. The Bertz CT molecular complexity index is 1040. The molecule has 1 aromatic heterocycles. The van der Waals surface area contributed by atoms with Crippen molar-refractivity contribution in [1.29, 1.82) is 0 Å². The second kappa shape index (κ2) is 8.37. The lowest BCUT2D eigenvalue weighted by atomic mass is 10.00. The third-order valence-electron chi connectivity index (χ3n) is 5.55. The molecule has 2 amide bonds. The van der Waals surface area contributed by atoms with Crippen LogP contribution in [0.5, 0.6) is 0 Å². The fourth-order valence-electron chi connectivity index (χ4n) is 3.91. The van der Waals surface area contributed by atoms with E-state index in [4.69, 9.17) is 0 Å². The standard InChI is InChI=1S/C24H26N2O2S/c1-16(2)23(24(28)26-11-9-21-20(15-26)10-12-29-21)25-22(27)14-17-7-8-18-5-3-4-6-19(18)13-17/h3-8,10,12-13,16,23H,9,11,14-15H2,1-2H3,(H,25,27). The Kier molecular flexibility index (Phi) is 5.67. The molecule has 29 heavy (non-hydrogen) atoms. The highest BCUT2D eigenvalue weighted by atomic mass is 32.1. The van der Waals surface area contributed by atoms with Crippen molar-refractivity contribution in [2.24, 2.45) is 5.92 Å². The number of amides is 2. The van der Waals surface area contributed by atoms with Crippen LogP contribution in [0, 0.1) is 5.92 Å². The molecule has 0 aliphatic carbocycles. The molecule has 0 saturated carbocycles. The summed E-state index contributed by atoms with van der Waals surface area (Å²) < 4.78 is 0. The van der Waals surface area contributed by atoms with Gasteiger partial charge in [0.2, 0.25) is 11.8 Å². The van der Waals surface area contributed by atoms with E-state index in [9.17, 15) is 9.59 Å². The molecular formula is C24H26N2O2S. The topological polar surface area (TPSA) is 49.4 Å². The number of hydrogen-bond acceptors (Lipinski definition) is 3. The molecule has 0 radical (unpaired) electrons. The summed E-state index contributed by atoms with van der Waals surface area (Å²) in [6.45, 7) is 5.33. The first kappa shape index (κ1) is 19.6. The lowest BCUT2D eigenvalue weighted by Crippen LogP contribution is -2.52. The molecule has 0 saturated heterocycles. The van der Waals surface area contributed by atoms with Crippen LogP contribution < -0.4 is 5.32 Å². The Balaban J connectivity index is 1.43. The van der Waals surface area contributed by atoms with Crippen LogP contribution in [0.3, 0.4) is 0 Å². The van der Waals surface area contributed by atoms with E-state index in [0.29, 0.717) is 6.54 Å². The lowest BCUT2D eigenvalue weighted by molar-refractivity contribution is -0.138. The van der Waals surface area contributed by atoms with E-state index in [-0.39, 0.29) is 24.2 Å². The monoisotopic (exact) mass is 406 g/mol. The van der Waals surface area contributed by atoms with Gasteiger partial charge in [-0.15, -0.1) is 11.3 Å². The van der Waals surface area contributed by atoms with Crippen LogP contribution in [0.2, 0.25) is 0 Å². The summed E-state index contributed by atoms with van der Waals surface area (Å²) >= 11 is 1.76. The van der Waals surface area contributed by atoms with E-state index in [2.05, 4.69) is 22.8 Å². The van der Waals surface area contributed by atoms with Gasteiger partial charge in [0.1, 0.15) is 6.04 Å². The SMILES string of the molecule is CC(C)C(NC(=O)Cc1ccc2ccccc2c1)C(=O)N1CCc2sccc2C1. The maximum atomic E-state index is 13.1. The Morgan fingerprint density at radius 3 is 2.69 bits per heavy atom. The molecule has 3 aromatic rings. The fourth-order valence-corrected chi connectivity index (χ4v) is 4.80. The molecule has 150 valence electrons. The number of thiophene rings is 1. The van der Waals surface area contributed by atoms with Crippen LogP contribution in [0.25, 0.3) is 10.8 Å². The van der Waals surface area contributed by atoms with Crippen molar-refractivity contribution in [1.82, 2.24) is 10.2 Å². The number of rotatable bonds is 5. The molecule has 0 bridgehead atoms. The van der Waals surface area contributed by atoms with Crippen LogP contribution in [0.1, 0.15) is 29.9 Å². The number of carbonyl (C=O) groups excluding carboxylic acids is 2. The molecule has 1 aliphatic heterocycles. The average Bonchev–Trinajstić information content (AvgIpc) is 3.19. The molecule has 1 aliphatic rings. The van der Waals surface area contributed by atoms with Crippen molar-refractivity contribution in [3.63, 3.8) is 0 Å². The summed E-state index contributed by atoms with van der Waals surface area (Å²) in [5, 5.41) is 7.36. The van der Waals surface area contributed by atoms with Gasteiger partial charge in [-0.3, -0.25) is 9.59 Å². The summed E-state index contributed by atoms with van der Waals surface area (Å²) in [5.41, 5.74) is 2.19. The molecule has 1 atom stereocenters. The van der Waals surface area contributed by atoms with E-state index in [0.717, 1.165) is 29.3 Å². The average molecular weight is 407 g/mol. The molecule has 2 aromatic carbocycles. The third kappa shape index (κ3) is 4.35. The number of carbonyl (C=O) groups is 2. The highest BCUT2D eigenvalue weighted by Gasteiger charge is 2.30. The quantitative estimate of drug-likeness (QED) is 0.691. The third-order valence-corrected chi connectivity index (χ3v) is 6.57. The highest BCUT2D eigenvalue weighted by Crippen LogP contribution is 2.25. The van der Waals surface area contributed by atoms with E-state index in [1.807, 2.05) is 55.1 Å². The van der Waals surface area contributed by atoms with Gasteiger partial charge < -0.3 is 10.2 Å². The molecule has 2 heterocycles. The molecule has 1 unspecified atom stereocenters. The van der Waals surface area contributed by atoms with Crippen molar-refractivity contribution in [3.05, 3.63) is 69.9 Å². The lowest BCUT2D eigenvalue weighted by Gasteiger charge is -2.32. The summed E-state index contributed by atoms with van der Waals surface area (Å²) in [6, 6.07) is 15.8. The summed E-state index contributed by atoms with van der Waals surface area (Å²) in [5.74, 6) is -0.0591. The normalized spacial score (nSPS) is 14.7. The van der Waals surface area contributed by atoms with Crippen molar-refractivity contribution in [2.75, 3.05) is 6.54 Å². The van der Waals surface area contributed by atoms with Gasteiger partial charge in [0.15, 0.2) is 0 Å². The van der Waals surface area contributed by atoms with Crippen LogP contribution >= 0.6 is 11.3 Å². The Labute approximate surface area is 175 Å². The second-order valence-corrected chi connectivity index (χ2v) is 9.03. The van der Waals surface area contributed by atoms with Gasteiger partial charge in [-0.2, -0.15) is 0 Å². The van der Waals surface area contributed by atoms with Gasteiger partial charge in [0.25, 0.3) is 0 Å².